The molecular weight excluding hydrogens is 328 g/mol. The fraction of sp³-hybridized carbons (Fsp3) is 0.0952. The van der Waals surface area contributed by atoms with Gasteiger partial charge in [-0.25, -0.2) is 4.79 Å². The van der Waals surface area contributed by atoms with Crippen molar-refractivity contribution in [1.82, 2.24) is 0 Å². The van der Waals surface area contributed by atoms with Crippen LogP contribution in [0.15, 0.2) is 59.6 Å². The van der Waals surface area contributed by atoms with Gasteiger partial charge in [0.1, 0.15) is 11.3 Å². The Morgan fingerprint density at radius 1 is 1.15 bits per heavy atom. The minimum absolute atomic E-state index is 0.138. The molecule has 0 heterocycles. The normalized spacial score (nSPS) is 10.8. The Labute approximate surface area is 151 Å². The number of benzene rings is 1. The van der Waals surface area contributed by atoms with Gasteiger partial charge < -0.3 is 9.84 Å². The molecule has 5 heteroatoms. The Morgan fingerprint density at radius 3 is 2.50 bits per heavy atom. The molecule has 0 bridgehead atoms. The highest BCUT2D eigenvalue weighted by Crippen LogP contribution is 2.40. The monoisotopic (exact) mass is 344 g/mol. The lowest BCUT2D eigenvalue weighted by atomic mass is 10.1. The van der Waals surface area contributed by atoms with Crippen molar-refractivity contribution < 1.29 is 14.6 Å². The molecule has 26 heavy (non-hydrogen) atoms. The number of carbonyl (C=O) groups is 1. The van der Waals surface area contributed by atoms with E-state index >= 15 is 0 Å². The van der Waals surface area contributed by atoms with E-state index in [4.69, 9.17) is 10.00 Å². The van der Waals surface area contributed by atoms with Crippen molar-refractivity contribution in [3.05, 3.63) is 71.3 Å². The second kappa shape index (κ2) is 7.49. The summed E-state index contributed by atoms with van der Waals surface area (Å²) < 4.78 is 5.08. The molecule has 0 aromatic heterocycles. The zero-order valence-electron chi connectivity index (χ0n) is 14.1. The van der Waals surface area contributed by atoms with Gasteiger partial charge in [0.15, 0.2) is 0 Å². The van der Waals surface area contributed by atoms with Gasteiger partial charge in [0.2, 0.25) is 0 Å². The van der Waals surface area contributed by atoms with Crippen LogP contribution < -0.4 is 0 Å². The number of ether oxygens (including phenoxy) is 1. The standard InChI is InChI=1S/C21H16N2O3/c1-2-26-21(25)19-17-7-5-3-4-6-16(17)18(20(19)24)13-23-15-10-8-14(12-22)9-11-15/h3-11,13,24H,2H2,1H3. The van der Waals surface area contributed by atoms with Gasteiger partial charge >= 0.3 is 5.97 Å². The van der Waals surface area contributed by atoms with Crippen molar-refractivity contribution in [2.45, 2.75) is 6.92 Å². The van der Waals surface area contributed by atoms with Gasteiger partial charge in [-0.15, -0.1) is 0 Å². The van der Waals surface area contributed by atoms with Crippen LogP contribution in [0.25, 0.3) is 11.1 Å². The lowest BCUT2D eigenvalue weighted by molar-refractivity contribution is 0.0524. The number of fused-ring (bicyclic) bond motifs is 1. The summed E-state index contributed by atoms with van der Waals surface area (Å²) in [6.07, 6.45) is 1.52. The van der Waals surface area contributed by atoms with Crippen LogP contribution in [0.5, 0.6) is 5.75 Å². The maximum absolute atomic E-state index is 12.3. The predicted molar refractivity (Wildman–Crippen MR) is 99.1 cm³/mol. The highest BCUT2D eigenvalue weighted by molar-refractivity contribution is 6.10. The smallest absolute Gasteiger partial charge is 0.342 e. The van der Waals surface area contributed by atoms with Crippen molar-refractivity contribution in [2.75, 3.05) is 6.61 Å². The molecule has 1 aromatic carbocycles. The fourth-order valence-electron chi connectivity index (χ4n) is 2.69. The van der Waals surface area contributed by atoms with E-state index in [0.29, 0.717) is 27.9 Å². The van der Waals surface area contributed by atoms with Gasteiger partial charge in [-0.2, -0.15) is 5.26 Å². The molecular formula is C21H16N2O3. The van der Waals surface area contributed by atoms with Crippen molar-refractivity contribution in [1.29, 1.82) is 5.26 Å². The van der Waals surface area contributed by atoms with E-state index < -0.39 is 5.97 Å². The minimum Gasteiger partial charge on any atom is -0.506 e. The van der Waals surface area contributed by atoms with E-state index in [-0.39, 0.29) is 17.9 Å². The fourth-order valence-corrected chi connectivity index (χ4v) is 2.69. The van der Waals surface area contributed by atoms with Gasteiger partial charge in [0, 0.05) is 17.3 Å². The number of hydrogen-bond acceptors (Lipinski definition) is 5. The van der Waals surface area contributed by atoms with Gasteiger partial charge in [-0.05, 0) is 36.8 Å². The van der Waals surface area contributed by atoms with E-state index in [0.717, 1.165) is 0 Å². The maximum Gasteiger partial charge on any atom is 0.342 e. The molecule has 3 rings (SSSR count). The van der Waals surface area contributed by atoms with Crippen molar-refractivity contribution in [3.63, 3.8) is 0 Å². The molecule has 2 aliphatic carbocycles. The number of rotatable bonds is 4. The third-order valence-electron chi connectivity index (χ3n) is 3.91. The Balaban J connectivity index is 2.08. The second-order valence-electron chi connectivity index (χ2n) is 5.51. The summed E-state index contributed by atoms with van der Waals surface area (Å²) in [4.78, 5) is 16.6. The van der Waals surface area contributed by atoms with E-state index in [1.165, 1.54) is 6.21 Å². The summed E-state index contributed by atoms with van der Waals surface area (Å²) in [5.74, 6) is -0.721. The van der Waals surface area contributed by atoms with Gasteiger partial charge in [0.25, 0.3) is 0 Å². The first-order valence-electron chi connectivity index (χ1n) is 8.10. The Morgan fingerprint density at radius 2 is 1.85 bits per heavy atom. The number of aliphatic imine (C=N–C) groups is 1. The van der Waals surface area contributed by atoms with Crippen LogP contribution in [-0.4, -0.2) is 23.9 Å². The van der Waals surface area contributed by atoms with E-state index in [1.807, 2.05) is 24.3 Å². The molecule has 128 valence electrons. The zero-order chi connectivity index (χ0) is 18.5. The summed E-state index contributed by atoms with van der Waals surface area (Å²) in [6.45, 7) is 1.94. The minimum atomic E-state index is -0.570. The maximum atomic E-state index is 12.3. The molecule has 0 aliphatic heterocycles. The molecule has 0 unspecified atom stereocenters. The predicted octanol–water partition coefficient (Wildman–Crippen LogP) is 4.30. The van der Waals surface area contributed by atoms with E-state index in [2.05, 4.69) is 4.99 Å². The first-order chi connectivity index (χ1) is 12.7. The van der Waals surface area contributed by atoms with Crippen LogP contribution in [0.1, 0.15) is 28.4 Å². The summed E-state index contributed by atoms with van der Waals surface area (Å²) >= 11 is 0. The molecule has 0 atom stereocenters. The molecule has 1 aromatic rings. The summed E-state index contributed by atoms with van der Waals surface area (Å²) in [7, 11) is 0. The zero-order valence-corrected chi connectivity index (χ0v) is 14.1. The molecule has 0 spiro atoms. The van der Waals surface area contributed by atoms with Crippen LogP contribution in [0.3, 0.4) is 0 Å². The van der Waals surface area contributed by atoms with E-state index in [1.54, 1.807) is 43.3 Å². The summed E-state index contributed by atoms with van der Waals surface area (Å²) in [5, 5.41) is 19.5. The Bertz CT molecular complexity index is 985. The Hall–Kier alpha value is -3.65. The number of nitrogens with zero attached hydrogens (tertiary/aromatic N) is 2. The molecule has 0 saturated carbocycles. The van der Waals surface area contributed by atoms with Crippen molar-refractivity contribution >= 4 is 17.9 Å². The van der Waals surface area contributed by atoms with Gasteiger partial charge in [-0.3, -0.25) is 4.99 Å². The third-order valence-corrected chi connectivity index (χ3v) is 3.91. The van der Waals surface area contributed by atoms with E-state index in [9.17, 15) is 9.90 Å². The van der Waals surface area contributed by atoms with Gasteiger partial charge in [-0.1, -0.05) is 30.3 Å². The number of hydrogen-bond donors (Lipinski definition) is 1. The highest BCUT2D eigenvalue weighted by atomic mass is 16.5. The van der Waals surface area contributed by atoms with Crippen LogP contribution >= 0.6 is 0 Å². The van der Waals surface area contributed by atoms with Crippen LogP contribution in [0.2, 0.25) is 0 Å². The number of esters is 1. The molecule has 5 nitrogen and oxygen atoms in total. The average Bonchev–Trinajstić information content (AvgIpc) is 2.79. The number of carbonyl (C=O) groups excluding carboxylic acids is 1. The van der Waals surface area contributed by atoms with Crippen molar-refractivity contribution in [3.8, 4) is 22.9 Å². The topological polar surface area (TPSA) is 82.7 Å². The third kappa shape index (κ3) is 3.26. The van der Waals surface area contributed by atoms with Crippen molar-refractivity contribution in [2.24, 2.45) is 4.99 Å². The summed E-state index contributed by atoms with van der Waals surface area (Å²) in [6, 6.07) is 17.9. The first kappa shape index (κ1) is 17.2. The number of aromatic hydroxyl groups is 1. The quantitative estimate of drug-likeness (QED) is 0.565. The lowest BCUT2D eigenvalue weighted by Gasteiger charge is -2.02. The van der Waals surface area contributed by atoms with Crippen LogP contribution in [0, 0.1) is 11.3 Å². The highest BCUT2D eigenvalue weighted by Gasteiger charge is 2.26. The Kier molecular flexibility index (Phi) is 4.95. The lowest BCUT2D eigenvalue weighted by Crippen LogP contribution is -2.04. The molecule has 2 aliphatic rings. The van der Waals surface area contributed by atoms with Crippen LogP contribution in [0.4, 0.5) is 5.69 Å². The molecule has 0 saturated heterocycles. The summed E-state index contributed by atoms with van der Waals surface area (Å²) in [5.41, 5.74) is 3.07. The molecule has 1 N–H and O–H groups in total. The molecule has 0 radical (unpaired) electrons. The second-order valence-corrected chi connectivity index (χ2v) is 5.51. The molecule has 0 amide bonds. The van der Waals surface area contributed by atoms with Gasteiger partial charge in [0.05, 0.1) is 23.9 Å². The largest absolute Gasteiger partial charge is 0.506 e. The SMILES string of the molecule is CCOC(=O)c1c2cccccc-2c(C=Nc2ccc(C#N)cc2)c1O. The number of nitriles is 1. The van der Waals surface area contributed by atoms with Crippen LogP contribution in [-0.2, 0) is 4.74 Å². The average molecular weight is 344 g/mol. The molecule has 0 fully saturated rings. The first-order valence-corrected chi connectivity index (χ1v) is 8.10.